The maximum absolute atomic E-state index is 5.57. The van der Waals surface area contributed by atoms with Crippen molar-refractivity contribution in [3.8, 4) is 0 Å². The Morgan fingerprint density at radius 3 is 3.50 bits per heavy atom. The Bertz CT molecular complexity index is 231. The molecule has 10 heavy (non-hydrogen) atoms. The van der Waals surface area contributed by atoms with Crippen LogP contribution in [-0.4, -0.2) is 10.9 Å². The summed E-state index contributed by atoms with van der Waals surface area (Å²) in [6, 6.07) is 0. The van der Waals surface area contributed by atoms with E-state index < -0.39 is 0 Å². The van der Waals surface area contributed by atoms with Gasteiger partial charge in [-0.15, -0.1) is 0 Å². The fourth-order valence-electron chi connectivity index (χ4n) is 1.49. The van der Waals surface area contributed by atoms with Crippen LogP contribution in [0.25, 0.3) is 0 Å². The van der Waals surface area contributed by atoms with Gasteiger partial charge in [-0.05, 0) is 29.9 Å². The summed E-state index contributed by atoms with van der Waals surface area (Å²) in [7, 11) is 0. The summed E-state index contributed by atoms with van der Waals surface area (Å²) < 4.78 is 4.31. The van der Waals surface area contributed by atoms with Crippen LogP contribution in [0.3, 0.4) is 0 Å². The van der Waals surface area contributed by atoms with Gasteiger partial charge in [0.25, 0.3) is 0 Å². The van der Waals surface area contributed by atoms with Crippen LogP contribution in [0.2, 0.25) is 0 Å². The van der Waals surface area contributed by atoms with E-state index in [0.717, 1.165) is 6.54 Å². The largest absolute Gasteiger partial charge is 0.330 e. The highest BCUT2D eigenvalue weighted by atomic mass is 32.1. The molecule has 0 spiro atoms. The van der Waals surface area contributed by atoms with Gasteiger partial charge >= 0.3 is 0 Å². The van der Waals surface area contributed by atoms with Gasteiger partial charge in [-0.3, -0.25) is 0 Å². The van der Waals surface area contributed by atoms with E-state index in [0.29, 0.717) is 5.92 Å². The molecule has 1 aromatic rings. The molecule has 0 amide bonds. The Balaban J connectivity index is 2.34. The lowest BCUT2D eigenvalue weighted by Gasteiger charge is -2.01. The van der Waals surface area contributed by atoms with Crippen molar-refractivity contribution >= 4 is 11.5 Å². The summed E-state index contributed by atoms with van der Waals surface area (Å²) in [5.41, 5.74) is 8.27. The molecular weight excluding hydrogens is 144 g/mol. The predicted octanol–water partition coefficient (Wildman–Crippen LogP) is 1.13. The lowest BCUT2D eigenvalue weighted by atomic mass is 10.1. The van der Waals surface area contributed by atoms with Crippen molar-refractivity contribution in [2.75, 3.05) is 6.54 Å². The first kappa shape index (κ1) is 6.31. The normalized spacial score (nSPS) is 23.1. The second kappa shape index (κ2) is 2.32. The highest BCUT2D eigenvalue weighted by molar-refractivity contribution is 7.03. The van der Waals surface area contributed by atoms with Gasteiger partial charge in [0.2, 0.25) is 0 Å². The lowest BCUT2D eigenvalue weighted by Crippen LogP contribution is -2.09. The number of nitrogens with zero attached hydrogens (tertiary/aromatic N) is 1. The molecule has 0 fully saturated rings. The lowest BCUT2D eigenvalue weighted by molar-refractivity contribution is 0.677. The molecule has 1 aromatic heterocycles. The second-order valence-electron chi connectivity index (χ2n) is 2.70. The molecule has 1 unspecified atom stereocenters. The minimum atomic E-state index is 0.557. The Morgan fingerprint density at radius 1 is 1.80 bits per heavy atom. The molecule has 0 radical (unpaired) electrons. The van der Waals surface area contributed by atoms with Crippen LogP contribution < -0.4 is 5.73 Å². The number of hydrogen-bond donors (Lipinski definition) is 1. The van der Waals surface area contributed by atoms with Crippen molar-refractivity contribution in [3.05, 3.63) is 16.6 Å². The van der Waals surface area contributed by atoms with Crippen LogP contribution >= 0.6 is 11.5 Å². The van der Waals surface area contributed by atoms with Crippen molar-refractivity contribution in [3.63, 3.8) is 0 Å². The van der Waals surface area contributed by atoms with Crippen LogP contribution in [0, 0.1) is 0 Å². The Kier molecular flexibility index (Phi) is 1.47. The van der Waals surface area contributed by atoms with Gasteiger partial charge < -0.3 is 5.73 Å². The molecule has 2 rings (SSSR count). The monoisotopic (exact) mass is 154 g/mol. The SMILES string of the molecule is NCC1CCc2csnc21. The van der Waals surface area contributed by atoms with Crippen molar-refractivity contribution in [1.29, 1.82) is 0 Å². The molecule has 54 valence electrons. The summed E-state index contributed by atoms with van der Waals surface area (Å²) in [6.07, 6.45) is 2.40. The van der Waals surface area contributed by atoms with Crippen molar-refractivity contribution in [1.82, 2.24) is 4.37 Å². The number of fused-ring (bicyclic) bond motifs is 1. The zero-order chi connectivity index (χ0) is 6.97. The molecule has 0 bridgehead atoms. The highest BCUT2D eigenvalue weighted by Crippen LogP contribution is 2.31. The summed E-state index contributed by atoms with van der Waals surface area (Å²) >= 11 is 1.56. The molecule has 1 aliphatic rings. The molecule has 0 saturated heterocycles. The van der Waals surface area contributed by atoms with Gasteiger partial charge in [-0.2, -0.15) is 4.37 Å². The van der Waals surface area contributed by atoms with Gasteiger partial charge in [0.15, 0.2) is 0 Å². The molecule has 2 N–H and O–H groups in total. The van der Waals surface area contributed by atoms with E-state index in [1.807, 2.05) is 0 Å². The molecule has 1 heterocycles. The number of aryl methyl sites for hydroxylation is 1. The third kappa shape index (κ3) is 0.777. The molecule has 1 aliphatic carbocycles. The predicted molar refractivity (Wildman–Crippen MR) is 42.2 cm³/mol. The summed E-state index contributed by atoms with van der Waals surface area (Å²) in [6.45, 7) is 0.761. The zero-order valence-electron chi connectivity index (χ0n) is 5.71. The van der Waals surface area contributed by atoms with E-state index in [9.17, 15) is 0 Å². The first-order chi connectivity index (χ1) is 4.92. The summed E-state index contributed by atoms with van der Waals surface area (Å²) in [5, 5.41) is 2.14. The minimum absolute atomic E-state index is 0.557. The number of nitrogens with two attached hydrogens (primary N) is 1. The van der Waals surface area contributed by atoms with E-state index in [1.54, 1.807) is 11.5 Å². The summed E-state index contributed by atoms with van der Waals surface area (Å²) in [5.74, 6) is 0.557. The topological polar surface area (TPSA) is 38.9 Å². The fraction of sp³-hybridized carbons (Fsp3) is 0.571. The van der Waals surface area contributed by atoms with Gasteiger partial charge in [0.05, 0.1) is 5.69 Å². The second-order valence-corrected chi connectivity index (χ2v) is 3.33. The molecule has 1 atom stereocenters. The van der Waals surface area contributed by atoms with E-state index in [-0.39, 0.29) is 0 Å². The molecule has 0 saturated carbocycles. The van der Waals surface area contributed by atoms with Crippen molar-refractivity contribution in [2.24, 2.45) is 5.73 Å². The van der Waals surface area contributed by atoms with Crippen LogP contribution in [0.4, 0.5) is 0 Å². The van der Waals surface area contributed by atoms with E-state index >= 15 is 0 Å². The Morgan fingerprint density at radius 2 is 2.70 bits per heavy atom. The van der Waals surface area contributed by atoms with Gasteiger partial charge in [-0.25, -0.2) is 0 Å². The third-order valence-electron chi connectivity index (χ3n) is 2.11. The van der Waals surface area contributed by atoms with Gasteiger partial charge in [-0.1, -0.05) is 0 Å². The van der Waals surface area contributed by atoms with Gasteiger partial charge in [0.1, 0.15) is 0 Å². The van der Waals surface area contributed by atoms with Crippen LogP contribution in [0.5, 0.6) is 0 Å². The Labute approximate surface area is 64.2 Å². The number of hydrogen-bond acceptors (Lipinski definition) is 3. The van der Waals surface area contributed by atoms with E-state index in [4.69, 9.17) is 5.73 Å². The highest BCUT2D eigenvalue weighted by Gasteiger charge is 2.23. The van der Waals surface area contributed by atoms with Crippen LogP contribution in [0.15, 0.2) is 5.38 Å². The fourth-order valence-corrected chi connectivity index (χ4v) is 2.28. The van der Waals surface area contributed by atoms with E-state index in [2.05, 4.69) is 9.75 Å². The van der Waals surface area contributed by atoms with Gasteiger partial charge in [0, 0.05) is 17.8 Å². The van der Waals surface area contributed by atoms with Crippen molar-refractivity contribution in [2.45, 2.75) is 18.8 Å². The average Bonchev–Trinajstić information content (AvgIpc) is 2.44. The number of rotatable bonds is 1. The standard InChI is InChI=1S/C7H10N2S/c8-3-5-1-2-6-4-10-9-7(5)6/h4-5H,1-3,8H2. The zero-order valence-corrected chi connectivity index (χ0v) is 6.53. The third-order valence-corrected chi connectivity index (χ3v) is 2.80. The summed E-state index contributed by atoms with van der Waals surface area (Å²) in [4.78, 5) is 0. The van der Waals surface area contributed by atoms with Crippen molar-refractivity contribution < 1.29 is 0 Å². The molecule has 0 aromatic carbocycles. The average molecular weight is 154 g/mol. The van der Waals surface area contributed by atoms with Crippen LogP contribution in [0.1, 0.15) is 23.6 Å². The number of aromatic nitrogens is 1. The maximum Gasteiger partial charge on any atom is 0.0617 e. The minimum Gasteiger partial charge on any atom is -0.330 e. The molecule has 0 aliphatic heterocycles. The van der Waals surface area contributed by atoms with E-state index in [1.165, 1.54) is 24.1 Å². The maximum atomic E-state index is 5.57. The first-order valence-electron chi connectivity index (χ1n) is 3.55. The molecular formula is C7H10N2S. The Hall–Kier alpha value is -0.410. The van der Waals surface area contributed by atoms with Crippen LogP contribution in [-0.2, 0) is 6.42 Å². The first-order valence-corrected chi connectivity index (χ1v) is 4.38. The smallest absolute Gasteiger partial charge is 0.0617 e. The molecule has 2 nitrogen and oxygen atoms in total. The molecule has 3 heteroatoms. The quantitative estimate of drug-likeness (QED) is 0.658.